The molecule has 2 amide bonds. The van der Waals surface area contributed by atoms with Crippen molar-refractivity contribution in [2.45, 2.75) is 13.8 Å². The van der Waals surface area contributed by atoms with Gasteiger partial charge in [0, 0.05) is 0 Å². The van der Waals surface area contributed by atoms with Gasteiger partial charge in [-0.15, -0.1) is 4.48 Å². The van der Waals surface area contributed by atoms with Crippen LogP contribution in [0.5, 0.6) is 0 Å². The van der Waals surface area contributed by atoms with Crippen molar-refractivity contribution in [1.29, 1.82) is 0 Å². The van der Waals surface area contributed by atoms with Crippen molar-refractivity contribution in [1.82, 2.24) is 0 Å². The van der Waals surface area contributed by atoms with E-state index >= 15 is 0 Å². The molecule has 1 atom stereocenters. The van der Waals surface area contributed by atoms with Gasteiger partial charge in [-0.3, -0.25) is 0 Å². The Morgan fingerprint density at radius 1 is 1.50 bits per heavy atom. The smallest absolute Gasteiger partial charge is 0.435 e. The van der Waals surface area contributed by atoms with Crippen LogP contribution in [-0.2, 0) is 4.74 Å². The van der Waals surface area contributed by atoms with Crippen LogP contribution in [-0.4, -0.2) is 34.9 Å². The minimum atomic E-state index is -1.31. The highest BCUT2D eigenvalue weighted by Crippen LogP contribution is 2.08. The van der Waals surface area contributed by atoms with Gasteiger partial charge < -0.3 is 9.84 Å². The van der Waals surface area contributed by atoms with Crippen LogP contribution in [0.3, 0.4) is 0 Å². The molecule has 0 aromatic heterocycles. The van der Waals surface area contributed by atoms with Gasteiger partial charge in [0.1, 0.15) is 0 Å². The predicted octanol–water partition coefficient (Wildman–Crippen LogP) is 1.45. The summed E-state index contributed by atoms with van der Waals surface area (Å²) in [4.78, 5) is 21.6. The predicted molar refractivity (Wildman–Crippen MR) is 41.2 cm³/mol. The van der Waals surface area contributed by atoms with Crippen LogP contribution in [0.4, 0.5) is 9.59 Å². The third-order valence-electron chi connectivity index (χ3n) is 1.52. The summed E-state index contributed by atoms with van der Waals surface area (Å²) in [6.07, 6.45) is -2.15. The van der Waals surface area contributed by atoms with Gasteiger partial charge in [0.15, 0.2) is 7.05 Å². The molecule has 0 bridgehead atoms. The third-order valence-corrected chi connectivity index (χ3v) is 1.52. The fourth-order valence-corrected chi connectivity index (χ4v) is 0.589. The van der Waals surface area contributed by atoms with E-state index in [0.717, 1.165) is 0 Å². The molecule has 0 aromatic rings. The Morgan fingerprint density at radius 3 is 2.25 bits per heavy atom. The van der Waals surface area contributed by atoms with E-state index in [9.17, 15) is 9.59 Å². The number of hydrogen-bond acceptors (Lipinski definition) is 3. The summed E-state index contributed by atoms with van der Waals surface area (Å²) < 4.78 is 3.57. The van der Waals surface area contributed by atoms with Crippen molar-refractivity contribution < 1.29 is 23.9 Å². The van der Waals surface area contributed by atoms with Crippen molar-refractivity contribution >= 4 is 12.2 Å². The fourth-order valence-electron chi connectivity index (χ4n) is 0.589. The van der Waals surface area contributed by atoms with Crippen LogP contribution in [0, 0.1) is 7.05 Å². The van der Waals surface area contributed by atoms with Gasteiger partial charge in [0.2, 0.25) is 0 Å². The van der Waals surface area contributed by atoms with Gasteiger partial charge in [-0.1, -0.05) is 0 Å². The van der Waals surface area contributed by atoms with Gasteiger partial charge in [-0.25, -0.2) is 0 Å². The highest BCUT2D eigenvalue weighted by atomic mass is 16.6. The lowest BCUT2D eigenvalue weighted by atomic mass is 10.5. The zero-order valence-electron chi connectivity index (χ0n) is 7.24. The number of hydrogen-bond donors (Lipinski definition) is 1. The van der Waals surface area contributed by atoms with Crippen LogP contribution in [0.2, 0.25) is 0 Å². The molecule has 0 spiro atoms. The minimum Gasteiger partial charge on any atom is -0.435 e. The molecule has 69 valence electrons. The molecule has 1 N–H and O–H groups in total. The van der Waals surface area contributed by atoms with Gasteiger partial charge in [-0.05, 0) is 13.8 Å². The van der Waals surface area contributed by atoms with Crippen molar-refractivity contribution in [3.05, 3.63) is 7.05 Å². The van der Waals surface area contributed by atoms with Crippen LogP contribution in [0.15, 0.2) is 0 Å². The lowest BCUT2D eigenvalue weighted by molar-refractivity contribution is -0.735. The molecular formula is C7H13NO4+. The summed E-state index contributed by atoms with van der Waals surface area (Å²) in [5.74, 6) is 0. The first-order chi connectivity index (χ1) is 5.49. The van der Waals surface area contributed by atoms with Crippen LogP contribution < -0.4 is 0 Å². The first kappa shape index (κ1) is 10.9. The third kappa shape index (κ3) is 1.94. The summed E-state index contributed by atoms with van der Waals surface area (Å²) in [6.45, 7) is 3.38. The Balaban J connectivity index is 4.52. The van der Waals surface area contributed by atoms with Crippen LogP contribution in [0.1, 0.15) is 13.8 Å². The Labute approximate surface area is 71.1 Å². The van der Waals surface area contributed by atoms with Crippen molar-refractivity contribution in [2.24, 2.45) is 0 Å². The molecule has 1 radical (unpaired) electrons. The summed E-state index contributed by atoms with van der Waals surface area (Å²) in [7, 11) is 3.27. The lowest BCUT2D eigenvalue weighted by Crippen LogP contribution is -2.51. The van der Waals surface area contributed by atoms with E-state index in [1.54, 1.807) is 13.8 Å². The normalized spacial score (nSPS) is 14.9. The second-order valence-corrected chi connectivity index (χ2v) is 2.27. The average molecular weight is 175 g/mol. The SMILES string of the molecule is [CH2][N+](CC)(C(=O)O)C(=O)OCC. The van der Waals surface area contributed by atoms with E-state index in [1.165, 1.54) is 0 Å². The van der Waals surface area contributed by atoms with Gasteiger partial charge in [0.25, 0.3) is 0 Å². The minimum absolute atomic E-state index is 0.0637. The maximum Gasteiger partial charge on any atom is 0.526 e. The van der Waals surface area contributed by atoms with E-state index in [1.807, 2.05) is 0 Å². The topological polar surface area (TPSA) is 63.6 Å². The summed E-state index contributed by atoms with van der Waals surface area (Å²) in [5, 5.41) is 8.64. The Hall–Kier alpha value is -1.10. The zero-order chi connectivity index (χ0) is 9.78. The molecule has 5 heteroatoms. The molecule has 0 aliphatic heterocycles. The molecule has 0 rings (SSSR count). The Morgan fingerprint density at radius 2 is 2.00 bits per heavy atom. The summed E-state index contributed by atoms with van der Waals surface area (Å²) >= 11 is 0. The molecule has 0 fully saturated rings. The number of carboxylic acid groups (broad SMARTS) is 1. The highest BCUT2D eigenvalue weighted by Gasteiger charge is 2.41. The second kappa shape index (κ2) is 4.06. The molecule has 12 heavy (non-hydrogen) atoms. The van der Waals surface area contributed by atoms with Gasteiger partial charge in [-0.2, -0.15) is 9.59 Å². The molecule has 0 aliphatic rings. The first-order valence-corrected chi connectivity index (χ1v) is 3.62. The maximum absolute atomic E-state index is 11.0. The summed E-state index contributed by atoms with van der Waals surface area (Å²) in [6, 6.07) is 0. The molecule has 0 saturated heterocycles. The monoisotopic (exact) mass is 175 g/mol. The van der Waals surface area contributed by atoms with Gasteiger partial charge in [0.05, 0.1) is 13.2 Å². The number of carbonyl (C=O) groups is 2. The molecule has 0 aliphatic carbocycles. The zero-order valence-corrected chi connectivity index (χ0v) is 7.24. The quantitative estimate of drug-likeness (QED) is 0.645. The second-order valence-electron chi connectivity index (χ2n) is 2.27. The van der Waals surface area contributed by atoms with E-state index in [0.29, 0.717) is 0 Å². The molecular weight excluding hydrogens is 162 g/mol. The van der Waals surface area contributed by atoms with Crippen molar-refractivity contribution in [3.63, 3.8) is 0 Å². The number of nitrogens with zero attached hydrogens (tertiary/aromatic N) is 1. The number of quaternary nitrogens is 1. The number of rotatable bonds is 2. The van der Waals surface area contributed by atoms with Crippen molar-refractivity contribution in [2.75, 3.05) is 13.2 Å². The van der Waals surface area contributed by atoms with E-state index < -0.39 is 16.7 Å². The molecule has 5 nitrogen and oxygen atoms in total. The van der Waals surface area contributed by atoms with Crippen LogP contribution >= 0.6 is 0 Å². The van der Waals surface area contributed by atoms with Gasteiger partial charge >= 0.3 is 12.2 Å². The Kier molecular flexibility index (Phi) is 3.69. The Bertz CT molecular complexity index is 192. The number of imide groups is 1. The molecule has 0 heterocycles. The molecule has 0 aromatic carbocycles. The van der Waals surface area contributed by atoms with Crippen molar-refractivity contribution in [3.8, 4) is 0 Å². The van der Waals surface area contributed by atoms with E-state index in [4.69, 9.17) is 5.11 Å². The molecule has 1 unspecified atom stereocenters. The number of amides is 2. The highest BCUT2D eigenvalue weighted by molar-refractivity contribution is 5.75. The van der Waals surface area contributed by atoms with E-state index in [2.05, 4.69) is 11.8 Å². The fraction of sp³-hybridized carbons (Fsp3) is 0.571. The number of carbonyl (C=O) groups excluding carboxylic acids is 1. The standard InChI is InChI=1S/C7H13NO4/c1-4-8(3,6(9)10)7(11)12-5-2/h3-5H2,1-2H3,(H,9,10)/q+1. The summed E-state index contributed by atoms with van der Waals surface area (Å²) in [5.41, 5.74) is 0. The molecule has 0 saturated carbocycles. The van der Waals surface area contributed by atoms with Crippen LogP contribution in [0.25, 0.3) is 0 Å². The largest absolute Gasteiger partial charge is 0.526 e. The lowest BCUT2D eigenvalue weighted by Gasteiger charge is -2.20. The average Bonchev–Trinajstić information content (AvgIpc) is 2.03. The maximum atomic E-state index is 11.0. The first-order valence-electron chi connectivity index (χ1n) is 3.62. The number of ether oxygens (including phenoxy) is 1. The van der Waals surface area contributed by atoms with E-state index in [-0.39, 0.29) is 13.2 Å².